The van der Waals surface area contributed by atoms with Crippen LogP contribution in [0.25, 0.3) is 0 Å². The van der Waals surface area contributed by atoms with Crippen molar-refractivity contribution < 1.29 is 18.4 Å². The molecule has 1 heterocycles. The van der Waals surface area contributed by atoms with Crippen LogP contribution in [0, 0.1) is 11.6 Å². The summed E-state index contributed by atoms with van der Waals surface area (Å²) in [5.74, 6) is -0.837. The molecule has 0 saturated carbocycles. The zero-order valence-electron chi connectivity index (χ0n) is 8.27. The number of ether oxygens (including phenoxy) is 1. The first-order valence-electron chi connectivity index (χ1n) is 4.62. The second kappa shape index (κ2) is 4.12. The van der Waals surface area contributed by atoms with Crippen molar-refractivity contribution in [3.8, 4) is 5.75 Å². The standard InChI is InChI=1S/C10H11F2NO2/c1-14-13-5-7-8(11)4-9-6(10(7)12)2-3-15-9/h4,13H,2-3,5H2,1H3. The normalized spacial score (nSPS) is 13.8. The molecule has 0 unspecified atom stereocenters. The van der Waals surface area contributed by atoms with Gasteiger partial charge < -0.3 is 9.57 Å². The Balaban J connectivity index is 2.37. The molecule has 2 rings (SSSR count). The second-order valence-electron chi connectivity index (χ2n) is 3.25. The van der Waals surface area contributed by atoms with E-state index in [4.69, 9.17) is 4.74 Å². The van der Waals surface area contributed by atoms with Crippen LogP contribution in [-0.4, -0.2) is 13.7 Å². The smallest absolute Gasteiger partial charge is 0.137 e. The van der Waals surface area contributed by atoms with Crippen molar-refractivity contribution in [2.75, 3.05) is 13.7 Å². The first kappa shape index (κ1) is 10.3. The van der Waals surface area contributed by atoms with Gasteiger partial charge in [0.05, 0.1) is 20.3 Å². The van der Waals surface area contributed by atoms with Gasteiger partial charge in [-0.05, 0) is 0 Å². The van der Waals surface area contributed by atoms with Gasteiger partial charge in [0, 0.05) is 23.6 Å². The van der Waals surface area contributed by atoms with Gasteiger partial charge in [0.25, 0.3) is 0 Å². The molecule has 3 nitrogen and oxygen atoms in total. The third-order valence-corrected chi connectivity index (χ3v) is 2.38. The molecule has 0 spiro atoms. The molecule has 1 N–H and O–H groups in total. The summed E-state index contributed by atoms with van der Waals surface area (Å²) in [5.41, 5.74) is 2.85. The zero-order valence-corrected chi connectivity index (χ0v) is 8.27. The molecule has 0 amide bonds. The molecule has 0 radical (unpaired) electrons. The van der Waals surface area contributed by atoms with E-state index in [1.165, 1.54) is 13.2 Å². The molecular weight excluding hydrogens is 204 g/mol. The number of nitrogens with one attached hydrogen (secondary N) is 1. The van der Waals surface area contributed by atoms with E-state index in [1.54, 1.807) is 0 Å². The topological polar surface area (TPSA) is 30.5 Å². The molecule has 1 aliphatic heterocycles. The summed E-state index contributed by atoms with van der Waals surface area (Å²) >= 11 is 0. The van der Waals surface area contributed by atoms with Crippen LogP contribution >= 0.6 is 0 Å². The molecule has 15 heavy (non-hydrogen) atoms. The Morgan fingerprint density at radius 3 is 3.07 bits per heavy atom. The Labute approximate surface area is 85.9 Å². The average molecular weight is 215 g/mol. The summed E-state index contributed by atoms with van der Waals surface area (Å²) in [6.07, 6.45) is 0.488. The summed E-state index contributed by atoms with van der Waals surface area (Å²) < 4.78 is 32.2. The van der Waals surface area contributed by atoms with E-state index in [9.17, 15) is 8.78 Å². The lowest BCUT2D eigenvalue weighted by atomic mass is 10.1. The number of fused-ring (bicyclic) bond motifs is 1. The monoisotopic (exact) mass is 215 g/mol. The van der Waals surface area contributed by atoms with E-state index < -0.39 is 11.6 Å². The molecule has 0 bridgehead atoms. The molecule has 0 fully saturated rings. The van der Waals surface area contributed by atoms with Crippen molar-refractivity contribution in [1.82, 2.24) is 5.48 Å². The number of rotatable bonds is 3. The molecule has 0 aromatic heterocycles. The fourth-order valence-electron chi connectivity index (χ4n) is 1.62. The molecule has 1 aliphatic rings. The summed E-state index contributed by atoms with van der Waals surface area (Å²) in [4.78, 5) is 4.56. The van der Waals surface area contributed by atoms with E-state index in [0.717, 1.165) is 0 Å². The maximum atomic E-state index is 13.7. The Hall–Kier alpha value is -1.20. The van der Waals surface area contributed by atoms with E-state index in [1.807, 2.05) is 0 Å². The number of hydrogen-bond donors (Lipinski definition) is 1. The lowest BCUT2D eigenvalue weighted by Crippen LogP contribution is -2.14. The molecule has 5 heteroatoms. The molecular formula is C10H11F2NO2. The van der Waals surface area contributed by atoms with Crippen molar-refractivity contribution in [2.45, 2.75) is 13.0 Å². The molecule has 0 atom stereocenters. The van der Waals surface area contributed by atoms with Gasteiger partial charge >= 0.3 is 0 Å². The SMILES string of the molecule is CONCc1c(F)cc2c(c1F)CCO2. The number of hydrogen-bond acceptors (Lipinski definition) is 3. The lowest BCUT2D eigenvalue weighted by Gasteiger charge is -2.08. The van der Waals surface area contributed by atoms with E-state index in [0.29, 0.717) is 24.3 Å². The van der Waals surface area contributed by atoms with Crippen LogP contribution in [0.2, 0.25) is 0 Å². The van der Waals surface area contributed by atoms with E-state index in [-0.39, 0.29) is 12.1 Å². The van der Waals surface area contributed by atoms with Crippen LogP contribution in [0.4, 0.5) is 8.78 Å². The van der Waals surface area contributed by atoms with Gasteiger partial charge in [0.1, 0.15) is 17.4 Å². The molecule has 0 saturated heterocycles. The van der Waals surface area contributed by atoms with Crippen LogP contribution in [0.1, 0.15) is 11.1 Å². The molecule has 82 valence electrons. The third-order valence-electron chi connectivity index (χ3n) is 2.38. The van der Waals surface area contributed by atoms with Gasteiger partial charge in [-0.3, -0.25) is 0 Å². The number of halogens is 2. The van der Waals surface area contributed by atoms with Crippen LogP contribution in [0.3, 0.4) is 0 Å². The highest BCUT2D eigenvalue weighted by atomic mass is 19.1. The first-order chi connectivity index (χ1) is 7.24. The summed E-state index contributed by atoms with van der Waals surface area (Å²) in [6, 6.07) is 1.22. The third kappa shape index (κ3) is 1.80. The summed E-state index contributed by atoms with van der Waals surface area (Å²) in [5, 5.41) is 0. The average Bonchev–Trinajstić information content (AvgIpc) is 2.65. The molecule has 1 aromatic rings. The zero-order chi connectivity index (χ0) is 10.8. The Morgan fingerprint density at radius 2 is 2.33 bits per heavy atom. The van der Waals surface area contributed by atoms with Gasteiger partial charge in [-0.2, -0.15) is 5.48 Å². The van der Waals surface area contributed by atoms with E-state index in [2.05, 4.69) is 10.3 Å². The summed E-state index contributed by atoms with van der Waals surface area (Å²) in [7, 11) is 1.40. The second-order valence-corrected chi connectivity index (χ2v) is 3.25. The molecule has 1 aromatic carbocycles. The minimum Gasteiger partial charge on any atom is -0.493 e. The minimum atomic E-state index is -0.613. The van der Waals surface area contributed by atoms with Gasteiger partial charge in [0.15, 0.2) is 0 Å². The van der Waals surface area contributed by atoms with Crippen molar-refractivity contribution in [2.24, 2.45) is 0 Å². The van der Waals surface area contributed by atoms with Crippen molar-refractivity contribution >= 4 is 0 Å². The number of hydroxylamine groups is 1. The van der Waals surface area contributed by atoms with Crippen LogP contribution in [0.15, 0.2) is 6.07 Å². The fourth-order valence-corrected chi connectivity index (χ4v) is 1.62. The van der Waals surface area contributed by atoms with Gasteiger partial charge in [-0.25, -0.2) is 8.78 Å². The highest BCUT2D eigenvalue weighted by Crippen LogP contribution is 2.31. The fraction of sp³-hybridized carbons (Fsp3) is 0.400. The first-order valence-corrected chi connectivity index (χ1v) is 4.62. The maximum Gasteiger partial charge on any atom is 0.137 e. The highest BCUT2D eigenvalue weighted by molar-refractivity contribution is 5.42. The Morgan fingerprint density at radius 1 is 1.53 bits per heavy atom. The Kier molecular flexibility index (Phi) is 2.83. The van der Waals surface area contributed by atoms with Crippen molar-refractivity contribution in [3.05, 3.63) is 28.8 Å². The largest absolute Gasteiger partial charge is 0.493 e. The molecule has 0 aliphatic carbocycles. The number of benzene rings is 1. The van der Waals surface area contributed by atoms with Crippen molar-refractivity contribution in [1.29, 1.82) is 0 Å². The maximum absolute atomic E-state index is 13.7. The van der Waals surface area contributed by atoms with Crippen molar-refractivity contribution in [3.63, 3.8) is 0 Å². The summed E-state index contributed by atoms with van der Waals surface area (Å²) in [6.45, 7) is 0.411. The quantitative estimate of drug-likeness (QED) is 0.776. The highest BCUT2D eigenvalue weighted by Gasteiger charge is 2.22. The van der Waals surface area contributed by atoms with E-state index >= 15 is 0 Å². The predicted octanol–water partition coefficient (Wildman–Crippen LogP) is 1.55. The van der Waals surface area contributed by atoms with Gasteiger partial charge in [-0.1, -0.05) is 0 Å². The van der Waals surface area contributed by atoms with Crippen LogP contribution < -0.4 is 10.2 Å². The van der Waals surface area contributed by atoms with Gasteiger partial charge in [0.2, 0.25) is 0 Å². The predicted molar refractivity (Wildman–Crippen MR) is 49.4 cm³/mol. The minimum absolute atomic E-state index is 0.00144. The van der Waals surface area contributed by atoms with Crippen LogP contribution in [-0.2, 0) is 17.8 Å². The lowest BCUT2D eigenvalue weighted by molar-refractivity contribution is 0.0850. The Bertz CT molecular complexity index is 382. The van der Waals surface area contributed by atoms with Gasteiger partial charge in [-0.15, -0.1) is 0 Å². The van der Waals surface area contributed by atoms with Crippen LogP contribution in [0.5, 0.6) is 5.75 Å².